The minimum Gasteiger partial charge on any atom is -0.481 e. The van der Waals surface area contributed by atoms with Crippen molar-refractivity contribution in [3.8, 4) is 11.1 Å². The van der Waals surface area contributed by atoms with Gasteiger partial charge in [-0.1, -0.05) is 6.07 Å². The quantitative estimate of drug-likeness (QED) is 0.464. The molecule has 1 aliphatic carbocycles. The van der Waals surface area contributed by atoms with Crippen LogP contribution in [0.15, 0.2) is 60.0 Å². The number of hydrogen-bond acceptors (Lipinski definition) is 6. The highest BCUT2D eigenvalue weighted by Gasteiger charge is 2.27. The van der Waals surface area contributed by atoms with Gasteiger partial charge in [-0.2, -0.15) is 0 Å². The van der Waals surface area contributed by atoms with Gasteiger partial charge in [0.15, 0.2) is 5.65 Å². The number of pyridine rings is 1. The average Bonchev–Trinajstić information content (AvgIpc) is 2.84. The van der Waals surface area contributed by atoms with E-state index >= 15 is 0 Å². The molecular formula is C24H21N5O4. The summed E-state index contributed by atoms with van der Waals surface area (Å²) in [4.78, 5) is 50.1. The fourth-order valence-electron chi connectivity index (χ4n) is 4.38. The van der Waals surface area contributed by atoms with Gasteiger partial charge in [0.1, 0.15) is 6.33 Å². The van der Waals surface area contributed by atoms with Crippen LogP contribution < -0.4 is 10.9 Å². The number of benzene rings is 1. The maximum Gasteiger partial charge on any atom is 0.306 e. The molecule has 0 aliphatic heterocycles. The average molecular weight is 443 g/mol. The first kappa shape index (κ1) is 20.7. The van der Waals surface area contributed by atoms with Crippen LogP contribution in [0.1, 0.15) is 36.0 Å². The van der Waals surface area contributed by atoms with Crippen molar-refractivity contribution in [1.82, 2.24) is 24.7 Å². The number of hydrogen-bond donors (Lipinski definition) is 2. The van der Waals surface area contributed by atoms with Crippen molar-refractivity contribution in [2.75, 3.05) is 0 Å². The monoisotopic (exact) mass is 443 g/mol. The molecule has 0 spiro atoms. The molecule has 3 heterocycles. The lowest BCUT2D eigenvalue weighted by atomic mass is 9.86. The highest BCUT2D eigenvalue weighted by molar-refractivity contribution is 6.00. The summed E-state index contributed by atoms with van der Waals surface area (Å²) in [5, 5.41) is 12.6. The lowest BCUT2D eigenvalue weighted by Gasteiger charge is -2.26. The summed E-state index contributed by atoms with van der Waals surface area (Å²) in [5.74, 6) is -1.46. The summed E-state index contributed by atoms with van der Waals surface area (Å²) >= 11 is 0. The van der Waals surface area contributed by atoms with E-state index in [1.54, 1.807) is 42.9 Å². The van der Waals surface area contributed by atoms with Crippen LogP contribution in [0.2, 0.25) is 0 Å². The maximum atomic E-state index is 13.2. The zero-order valence-electron chi connectivity index (χ0n) is 17.6. The van der Waals surface area contributed by atoms with Crippen molar-refractivity contribution >= 4 is 28.4 Å². The summed E-state index contributed by atoms with van der Waals surface area (Å²) in [7, 11) is 0. The Morgan fingerprint density at radius 2 is 1.79 bits per heavy atom. The van der Waals surface area contributed by atoms with Gasteiger partial charge in [-0.3, -0.25) is 18.8 Å². The molecule has 1 saturated carbocycles. The normalized spacial score (nSPS) is 18.3. The third-order valence-corrected chi connectivity index (χ3v) is 6.19. The second-order valence-electron chi connectivity index (χ2n) is 8.25. The molecule has 0 unspecified atom stereocenters. The minimum absolute atomic E-state index is 0.101. The van der Waals surface area contributed by atoms with Crippen LogP contribution in [0.5, 0.6) is 0 Å². The van der Waals surface area contributed by atoms with Gasteiger partial charge in [-0.05, 0) is 55.5 Å². The van der Waals surface area contributed by atoms with Crippen LogP contribution in [0, 0.1) is 5.92 Å². The van der Waals surface area contributed by atoms with Gasteiger partial charge in [-0.15, -0.1) is 0 Å². The molecule has 1 aliphatic rings. The van der Waals surface area contributed by atoms with Crippen LogP contribution in [0.3, 0.4) is 0 Å². The van der Waals surface area contributed by atoms with E-state index in [1.807, 2.05) is 6.07 Å². The second-order valence-corrected chi connectivity index (χ2v) is 8.25. The molecule has 1 aromatic carbocycles. The van der Waals surface area contributed by atoms with E-state index in [4.69, 9.17) is 5.11 Å². The molecule has 0 radical (unpaired) electrons. The summed E-state index contributed by atoms with van der Waals surface area (Å²) in [5.41, 5.74) is 2.38. The van der Waals surface area contributed by atoms with Crippen molar-refractivity contribution in [2.24, 2.45) is 5.92 Å². The summed E-state index contributed by atoms with van der Waals surface area (Å²) in [6.07, 6.45) is 8.67. The topological polar surface area (TPSA) is 127 Å². The van der Waals surface area contributed by atoms with E-state index in [-0.39, 0.29) is 29.1 Å². The number of nitrogens with one attached hydrogen (secondary N) is 1. The van der Waals surface area contributed by atoms with Crippen LogP contribution >= 0.6 is 0 Å². The first-order chi connectivity index (χ1) is 16.0. The number of aliphatic carboxylic acids is 1. The Bertz CT molecular complexity index is 1430. The summed E-state index contributed by atoms with van der Waals surface area (Å²) in [6.45, 7) is 0. The molecule has 166 valence electrons. The van der Waals surface area contributed by atoms with E-state index in [2.05, 4.69) is 20.3 Å². The molecule has 2 N–H and O–H groups in total. The third-order valence-electron chi connectivity index (χ3n) is 6.19. The Morgan fingerprint density at radius 1 is 1.03 bits per heavy atom. The van der Waals surface area contributed by atoms with Gasteiger partial charge >= 0.3 is 5.97 Å². The number of aromatic nitrogens is 4. The van der Waals surface area contributed by atoms with Gasteiger partial charge in [-0.25, -0.2) is 15.0 Å². The number of carbonyl (C=O) groups excluding carboxylic acids is 1. The molecule has 1 fully saturated rings. The van der Waals surface area contributed by atoms with Gasteiger partial charge in [0.05, 0.1) is 22.4 Å². The fraction of sp³-hybridized carbons (Fsp3) is 0.250. The molecule has 0 atom stereocenters. The zero-order chi connectivity index (χ0) is 22.9. The van der Waals surface area contributed by atoms with Crippen LogP contribution in [0.4, 0.5) is 0 Å². The summed E-state index contributed by atoms with van der Waals surface area (Å²) < 4.78 is 1.38. The SMILES string of the molecule is O=C(N[C@H]1CC[C@@H](C(=O)O)CC1)c1cccn2c(=O)c3cc(-c4cncnc4)ccc3nc12. The molecule has 9 nitrogen and oxygen atoms in total. The van der Waals surface area contributed by atoms with Crippen molar-refractivity contribution < 1.29 is 14.7 Å². The largest absolute Gasteiger partial charge is 0.481 e. The van der Waals surface area contributed by atoms with Crippen molar-refractivity contribution in [2.45, 2.75) is 31.7 Å². The molecule has 9 heteroatoms. The van der Waals surface area contributed by atoms with Crippen molar-refractivity contribution in [3.63, 3.8) is 0 Å². The lowest BCUT2D eigenvalue weighted by Crippen LogP contribution is -2.39. The summed E-state index contributed by atoms with van der Waals surface area (Å²) in [6, 6.07) is 8.53. The molecule has 4 aromatic rings. The number of carboxylic acid groups (broad SMARTS) is 1. The Hall–Kier alpha value is -4.14. The minimum atomic E-state index is -0.785. The molecule has 0 saturated heterocycles. The van der Waals surface area contributed by atoms with E-state index in [1.165, 1.54) is 10.7 Å². The fourth-order valence-corrected chi connectivity index (χ4v) is 4.38. The number of amides is 1. The van der Waals surface area contributed by atoms with E-state index in [0.717, 1.165) is 11.1 Å². The molecule has 5 rings (SSSR count). The van der Waals surface area contributed by atoms with Crippen molar-refractivity contribution in [3.05, 3.63) is 71.2 Å². The first-order valence-corrected chi connectivity index (χ1v) is 10.8. The Labute approximate surface area is 188 Å². The smallest absolute Gasteiger partial charge is 0.306 e. The number of nitrogens with zero attached hydrogens (tertiary/aromatic N) is 4. The number of fused-ring (bicyclic) bond motifs is 2. The first-order valence-electron chi connectivity index (χ1n) is 10.8. The highest BCUT2D eigenvalue weighted by atomic mass is 16.4. The molecule has 1 amide bonds. The Morgan fingerprint density at radius 3 is 2.52 bits per heavy atom. The zero-order valence-corrected chi connectivity index (χ0v) is 17.6. The van der Waals surface area contributed by atoms with Gasteiger partial charge in [0, 0.05) is 30.2 Å². The lowest BCUT2D eigenvalue weighted by molar-refractivity contribution is -0.142. The molecular weight excluding hydrogens is 422 g/mol. The predicted octanol–water partition coefficient (Wildman–Crippen LogP) is 2.68. The van der Waals surface area contributed by atoms with Crippen LogP contribution in [0.25, 0.3) is 27.7 Å². The number of carbonyl (C=O) groups is 2. The molecule has 33 heavy (non-hydrogen) atoms. The molecule has 0 bridgehead atoms. The van der Waals surface area contributed by atoms with Crippen LogP contribution in [-0.2, 0) is 4.79 Å². The van der Waals surface area contributed by atoms with Gasteiger partial charge < -0.3 is 10.4 Å². The Balaban J connectivity index is 1.49. The number of rotatable bonds is 4. The van der Waals surface area contributed by atoms with Gasteiger partial charge in [0.25, 0.3) is 11.5 Å². The Kier molecular flexibility index (Phi) is 5.29. The maximum absolute atomic E-state index is 13.2. The standard InChI is InChI=1S/C24H21N5O4/c30-22(27-17-6-3-14(4-7-17)24(32)33)18-2-1-9-29-21(18)28-20-8-5-15(10-19(20)23(29)31)16-11-25-13-26-12-16/h1-2,5,8-14,17H,3-4,6-7H2,(H,27,30)(H,32,33)/t14-,17+. The molecule has 3 aromatic heterocycles. The predicted molar refractivity (Wildman–Crippen MR) is 121 cm³/mol. The second kappa shape index (κ2) is 8.42. The van der Waals surface area contributed by atoms with Gasteiger partial charge in [0.2, 0.25) is 0 Å². The van der Waals surface area contributed by atoms with E-state index < -0.39 is 5.97 Å². The number of carboxylic acids is 1. The van der Waals surface area contributed by atoms with E-state index in [9.17, 15) is 14.4 Å². The van der Waals surface area contributed by atoms with Crippen LogP contribution in [-0.4, -0.2) is 42.4 Å². The highest BCUT2D eigenvalue weighted by Crippen LogP contribution is 2.25. The van der Waals surface area contributed by atoms with Crippen molar-refractivity contribution in [1.29, 1.82) is 0 Å². The van der Waals surface area contributed by atoms with E-state index in [0.29, 0.717) is 42.1 Å². The third kappa shape index (κ3) is 3.93.